The molecule has 8 heteroatoms. The minimum Gasteiger partial charge on any atom is -0.393 e. The highest BCUT2D eigenvalue weighted by Crippen LogP contribution is 2.36. The Hall–Kier alpha value is -3.55. The molecular formula is C25H22ClN5O2. The molecule has 2 aromatic carbocycles. The van der Waals surface area contributed by atoms with Crippen LogP contribution in [0.1, 0.15) is 19.3 Å². The van der Waals surface area contributed by atoms with E-state index >= 15 is 0 Å². The van der Waals surface area contributed by atoms with Gasteiger partial charge in [0.1, 0.15) is 0 Å². The number of pyridine rings is 1. The maximum absolute atomic E-state index is 12.6. The smallest absolute Gasteiger partial charge is 0.225 e. The number of nitrogens with two attached hydrogens (primary N) is 1. The summed E-state index contributed by atoms with van der Waals surface area (Å²) in [6, 6.07) is 17.1. The van der Waals surface area contributed by atoms with Gasteiger partial charge in [-0.2, -0.15) is 0 Å². The van der Waals surface area contributed by atoms with Gasteiger partial charge in [0.05, 0.1) is 28.0 Å². The van der Waals surface area contributed by atoms with Gasteiger partial charge in [0, 0.05) is 29.1 Å². The van der Waals surface area contributed by atoms with Crippen LogP contribution in [0.25, 0.3) is 33.4 Å². The summed E-state index contributed by atoms with van der Waals surface area (Å²) >= 11 is 6.53. The topological polar surface area (TPSA) is 114 Å². The lowest BCUT2D eigenvalue weighted by Crippen LogP contribution is -2.31. The molecule has 1 saturated carbocycles. The number of carbonyl (C=O) groups is 1. The lowest BCUT2D eigenvalue weighted by molar-refractivity contribution is -0.118. The van der Waals surface area contributed by atoms with E-state index in [-0.39, 0.29) is 29.6 Å². The van der Waals surface area contributed by atoms with Crippen molar-refractivity contribution in [3.63, 3.8) is 0 Å². The number of rotatable bonds is 5. The minimum absolute atomic E-state index is 0.133. The molecule has 0 saturated heterocycles. The van der Waals surface area contributed by atoms with Crippen LogP contribution >= 0.6 is 11.6 Å². The predicted molar refractivity (Wildman–Crippen MR) is 130 cm³/mol. The average Bonchev–Trinajstić information content (AvgIpc) is 2.79. The Bertz CT molecular complexity index is 1340. The van der Waals surface area contributed by atoms with E-state index in [1.165, 1.54) is 0 Å². The summed E-state index contributed by atoms with van der Waals surface area (Å²) in [5.74, 6) is 0.307. The van der Waals surface area contributed by atoms with E-state index in [2.05, 4.69) is 15.3 Å². The number of hydrogen-bond donors (Lipinski definition) is 3. The first-order valence-corrected chi connectivity index (χ1v) is 11.1. The molecule has 2 aromatic heterocycles. The normalized spacial score (nSPS) is 17.5. The summed E-state index contributed by atoms with van der Waals surface area (Å²) < 4.78 is 0. The first-order valence-electron chi connectivity index (χ1n) is 10.7. The van der Waals surface area contributed by atoms with Gasteiger partial charge in [0.25, 0.3) is 0 Å². The van der Waals surface area contributed by atoms with E-state index in [0.29, 0.717) is 41.2 Å². The van der Waals surface area contributed by atoms with E-state index in [4.69, 9.17) is 22.3 Å². The zero-order valence-corrected chi connectivity index (χ0v) is 18.5. The average molecular weight is 460 g/mol. The lowest BCUT2D eigenvalue weighted by Gasteiger charge is -2.30. The lowest BCUT2D eigenvalue weighted by atomic mass is 9.80. The van der Waals surface area contributed by atoms with Crippen molar-refractivity contribution in [2.24, 2.45) is 5.92 Å². The molecule has 0 bridgehead atoms. The van der Waals surface area contributed by atoms with Gasteiger partial charge in [0.15, 0.2) is 11.6 Å². The number of carbonyl (C=O) groups excluding carboxylic acids is 1. The number of amides is 1. The molecule has 1 fully saturated rings. The maximum atomic E-state index is 12.6. The van der Waals surface area contributed by atoms with Crippen LogP contribution in [0.3, 0.4) is 0 Å². The molecule has 2 heterocycles. The molecule has 0 spiro atoms. The second kappa shape index (κ2) is 8.77. The monoisotopic (exact) mass is 459 g/mol. The molecule has 0 unspecified atom stereocenters. The van der Waals surface area contributed by atoms with Crippen molar-refractivity contribution in [3.8, 4) is 22.5 Å². The maximum Gasteiger partial charge on any atom is 0.225 e. The molecule has 7 nitrogen and oxygen atoms in total. The van der Waals surface area contributed by atoms with Crippen LogP contribution in [-0.2, 0) is 4.79 Å². The molecule has 166 valence electrons. The van der Waals surface area contributed by atoms with Crippen LogP contribution in [-0.4, -0.2) is 32.1 Å². The van der Waals surface area contributed by atoms with Gasteiger partial charge in [0.2, 0.25) is 5.91 Å². The number of aliphatic hydroxyl groups excluding tert-OH is 1. The van der Waals surface area contributed by atoms with Gasteiger partial charge in [-0.3, -0.25) is 9.78 Å². The standard InChI is InChI=1S/C25H22ClN5O2/c26-19-13-17(12-16-7-4-8-28-21(16)19)23-22(15-5-2-1-3-6-15)30-24(27)25(31-23)29-20(33)11-14-9-18(32)10-14/h1-8,12-14,18,32H,9-11H2,(H2,27,30)(H,29,31,33). The Morgan fingerprint density at radius 2 is 1.82 bits per heavy atom. The van der Waals surface area contributed by atoms with Crippen molar-refractivity contribution in [1.29, 1.82) is 0 Å². The third-order valence-corrected chi connectivity index (χ3v) is 6.13. The van der Waals surface area contributed by atoms with Crippen molar-refractivity contribution < 1.29 is 9.90 Å². The number of anilines is 2. The summed E-state index contributed by atoms with van der Waals surface area (Å²) in [6.45, 7) is 0. The molecule has 5 rings (SSSR count). The Balaban J connectivity index is 1.58. The summed E-state index contributed by atoms with van der Waals surface area (Å²) in [4.78, 5) is 26.2. The molecule has 1 amide bonds. The first kappa shape index (κ1) is 21.3. The predicted octanol–water partition coefficient (Wildman–Crippen LogP) is 4.69. The highest BCUT2D eigenvalue weighted by Gasteiger charge is 2.29. The number of benzene rings is 2. The van der Waals surface area contributed by atoms with Crippen LogP contribution in [0.5, 0.6) is 0 Å². The molecule has 0 aliphatic heterocycles. The van der Waals surface area contributed by atoms with E-state index in [1.807, 2.05) is 48.5 Å². The first-order chi connectivity index (χ1) is 16.0. The Labute approximate surface area is 195 Å². The summed E-state index contributed by atoms with van der Waals surface area (Å²) in [5, 5.41) is 13.6. The van der Waals surface area contributed by atoms with Gasteiger partial charge in [-0.1, -0.05) is 48.0 Å². The number of fused-ring (bicyclic) bond motifs is 1. The van der Waals surface area contributed by atoms with Gasteiger partial charge < -0.3 is 16.2 Å². The van der Waals surface area contributed by atoms with E-state index in [1.54, 1.807) is 12.3 Å². The van der Waals surface area contributed by atoms with E-state index in [9.17, 15) is 9.90 Å². The third-order valence-electron chi connectivity index (χ3n) is 5.84. The van der Waals surface area contributed by atoms with Gasteiger partial charge in [-0.15, -0.1) is 0 Å². The number of halogens is 1. The number of nitrogens with one attached hydrogen (secondary N) is 1. The van der Waals surface area contributed by atoms with Crippen molar-refractivity contribution in [2.45, 2.75) is 25.4 Å². The zero-order valence-electron chi connectivity index (χ0n) is 17.7. The number of aliphatic hydroxyl groups is 1. The van der Waals surface area contributed by atoms with Crippen molar-refractivity contribution in [1.82, 2.24) is 15.0 Å². The largest absolute Gasteiger partial charge is 0.393 e. The molecule has 4 aromatic rings. The Kier molecular flexibility index (Phi) is 5.66. The molecule has 0 radical (unpaired) electrons. The fraction of sp³-hybridized carbons (Fsp3) is 0.200. The van der Waals surface area contributed by atoms with Crippen LogP contribution in [0.15, 0.2) is 60.8 Å². The van der Waals surface area contributed by atoms with Crippen LogP contribution in [0.2, 0.25) is 5.02 Å². The SMILES string of the molecule is Nc1nc(-c2ccccc2)c(-c2cc(Cl)c3ncccc3c2)nc1NC(=O)CC1CC(O)C1. The van der Waals surface area contributed by atoms with Crippen molar-refractivity contribution in [2.75, 3.05) is 11.1 Å². The zero-order chi connectivity index (χ0) is 22.9. The number of aromatic nitrogens is 3. The highest BCUT2D eigenvalue weighted by atomic mass is 35.5. The summed E-state index contributed by atoms with van der Waals surface area (Å²) in [5.41, 5.74) is 9.63. The van der Waals surface area contributed by atoms with E-state index < -0.39 is 0 Å². The molecule has 1 aliphatic rings. The molecule has 33 heavy (non-hydrogen) atoms. The number of nitrogens with zero attached hydrogens (tertiary/aromatic N) is 3. The van der Waals surface area contributed by atoms with Crippen molar-refractivity contribution in [3.05, 3.63) is 65.8 Å². The molecular weight excluding hydrogens is 438 g/mol. The van der Waals surface area contributed by atoms with E-state index in [0.717, 1.165) is 16.5 Å². The minimum atomic E-state index is -0.309. The van der Waals surface area contributed by atoms with Crippen LogP contribution < -0.4 is 11.1 Å². The van der Waals surface area contributed by atoms with Gasteiger partial charge >= 0.3 is 0 Å². The summed E-state index contributed by atoms with van der Waals surface area (Å²) in [7, 11) is 0. The third kappa shape index (κ3) is 4.37. The van der Waals surface area contributed by atoms with Crippen LogP contribution in [0.4, 0.5) is 11.6 Å². The number of nitrogen functional groups attached to an aromatic ring is 1. The van der Waals surface area contributed by atoms with Crippen LogP contribution in [0, 0.1) is 5.92 Å². The second-order valence-corrected chi connectivity index (χ2v) is 8.70. The highest BCUT2D eigenvalue weighted by molar-refractivity contribution is 6.35. The fourth-order valence-corrected chi connectivity index (χ4v) is 4.41. The van der Waals surface area contributed by atoms with Gasteiger partial charge in [-0.25, -0.2) is 9.97 Å². The molecule has 1 aliphatic carbocycles. The summed E-state index contributed by atoms with van der Waals surface area (Å²) in [6.07, 6.45) is 2.96. The molecule has 4 N–H and O–H groups in total. The fourth-order valence-electron chi connectivity index (χ4n) is 4.14. The second-order valence-electron chi connectivity index (χ2n) is 8.30. The number of hydrogen-bond acceptors (Lipinski definition) is 6. The Morgan fingerprint density at radius 1 is 1.06 bits per heavy atom. The molecule has 0 atom stereocenters. The quantitative estimate of drug-likeness (QED) is 0.398. The Morgan fingerprint density at radius 3 is 2.58 bits per heavy atom. The van der Waals surface area contributed by atoms with Crippen molar-refractivity contribution >= 4 is 40.0 Å². The van der Waals surface area contributed by atoms with Gasteiger partial charge in [-0.05, 0) is 37.0 Å².